The zero-order valence-corrected chi connectivity index (χ0v) is 13.9. The molecule has 1 aliphatic heterocycles. The maximum Gasteiger partial charge on any atom is 0.253 e. The Morgan fingerprint density at radius 2 is 1.92 bits per heavy atom. The molecule has 1 aliphatic rings. The van der Waals surface area contributed by atoms with Gasteiger partial charge in [0.2, 0.25) is 0 Å². The first-order chi connectivity index (χ1) is 11.8. The Labute approximate surface area is 142 Å². The third-order valence-corrected chi connectivity index (χ3v) is 4.32. The molecule has 1 atom stereocenters. The van der Waals surface area contributed by atoms with Gasteiger partial charge in [0.15, 0.2) is 0 Å². The van der Waals surface area contributed by atoms with Gasteiger partial charge in [-0.05, 0) is 36.2 Å². The van der Waals surface area contributed by atoms with E-state index >= 15 is 0 Å². The van der Waals surface area contributed by atoms with Crippen LogP contribution in [0.3, 0.4) is 0 Å². The van der Waals surface area contributed by atoms with Gasteiger partial charge in [-0.15, -0.1) is 0 Å². The summed E-state index contributed by atoms with van der Waals surface area (Å²) in [6.45, 7) is 5.09. The summed E-state index contributed by atoms with van der Waals surface area (Å²) in [5.74, 6) is -0.0410. The van der Waals surface area contributed by atoms with Crippen molar-refractivity contribution >= 4 is 11.6 Å². The lowest BCUT2D eigenvalue weighted by molar-refractivity contribution is 0.0934. The zero-order valence-electron chi connectivity index (χ0n) is 13.9. The molecule has 126 valence electrons. The SMILES string of the molecule is CCC(NC(=O)c1ccccc1N1CCOCC1)c1ccncc1. The van der Waals surface area contributed by atoms with Crippen molar-refractivity contribution in [3.63, 3.8) is 0 Å². The third kappa shape index (κ3) is 3.74. The molecular formula is C19H23N3O2. The minimum absolute atomic E-state index is 0.0155. The summed E-state index contributed by atoms with van der Waals surface area (Å²) in [7, 11) is 0. The largest absolute Gasteiger partial charge is 0.378 e. The number of nitrogens with one attached hydrogen (secondary N) is 1. The van der Waals surface area contributed by atoms with Crippen LogP contribution in [0.2, 0.25) is 0 Å². The lowest BCUT2D eigenvalue weighted by atomic mass is 10.0. The standard InChI is InChI=1S/C19H23N3O2/c1-2-17(15-7-9-20-10-8-15)21-19(23)16-5-3-4-6-18(16)22-11-13-24-14-12-22/h3-10,17H,2,11-14H2,1H3,(H,21,23). The zero-order chi connectivity index (χ0) is 16.8. The van der Waals surface area contributed by atoms with Gasteiger partial charge in [0.05, 0.1) is 24.8 Å². The molecular weight excluding hydrogens is 302 g/mol. The summed E-state index contributed by atoms with van der Waals surface area (Å²) < 4.78 is 5.41. The fourth-order valence-corrected chi connectivity index (χ4v) is 3.00. The van der Waals surface area contributed by atoms with Crippen molar-refractivity contribution in [1.82, 2.24) is 10.3 Å². The highest BCUT2D eigenvalue weighted by atomic mass is 16.5. The van der Waals surface area contributed by atoms with Gasteiger partial charge in [0.1, 0.15) is 0 Å². The van der Waals surface area contributed by atoms with Crippen LogP contribution >= 0.6 is 0 Å². The van der Waals surface area contributed by atoms with Crippen LogP contribution < -0.4 is 10.2 Å². The molecule has 0 radical (unpaired) electrons. The molecule has 1 fully saturated rings. The molecule has 1 aromatic carbocycles. The monoisotopic (exact) mass is 325 g/mol. The molecule has 1 unspecified atom stereocenters. The van der Waals surface area contributed by atoms with Crippen molar-refractivity contribution in [2.75, 3.05) is 31.2 Å². The first-order valence-corrected chi connectivity index (χ1v) is 8.42. The predicted octanol–water partition coefficient (Wildman–Crippen LogP) is 2.80. The van der Waals surface area contributed by atoms with Gasteiger partial charge in [-0.2, -0.15) is 0 Å². The number of anilines is 1. The first-order valence-electron chi connectivity index (χ1n) is 8.42. The lowest BCUT2D eigenvalue weighted by Gasteiger charge is -2.30. The van der Waals surface area contributed by atoms with Crippen molar-refractivity contribution < 1.29 is 9.53 Å². The van der Waals surface area contributed by atoms with Crippen molar-refractivity contribution in [2.24, 2.45) is 0 Å². The molecule has 3 rings (SSSR count). The number of aromatic nitrogens is 1. The number of ether oxygens (including phenoxy) is 1. The molecule has 0 bridgehead atoms. The molecule has 5 nitrogen and oxygen atoms in total. The number of nitrogens with zero attached hydrogens (tertiary/aromatic N) is 2. The molecule has 5 heteroatoms. The third-order valence-electron chi connectivity index (χ3n) is 4.32. The van der Waals surface area contributed by atoms with Crippen LogP contribution in [0.4, 0.5) is 5.69 Å². The molecule has 2 heterocycles. The van der Waals surface area contributed by atoms with Crippen LogP contribution in [0.15, 0.2) is 48.8 Å². The summed E-state index contributed by atoms with van der Waals surface area (Å²) in [6, 6.07) is 11.7. The Morgan fingerprint density at radius 1 is 1.21 bits per heavy atom. The minimum Gasteiger partial charge on any atom is -0.378 e. The van der Waals surface area contributed by atoms with E-state index in [9.17, 15) is 4.79 Å². The Morgan fingerprint density at radius 3 is 2.62 bits per heavy atom. The molecule has 0 spiro atoms. The van der Waals surface area contributed by atoms with E-state index in [1.54, 1.807) is 12.4 Å². The van der Waals surface area contributed by atoms with Crippen LogP contribution in [-0.4, -0.2) is 37.2 Å². The molecule has 0 aliphatic carbocycles. The fraction of sp³-hybridized carbons (Fsp3) is 0.368. The van der Waals surface area contributed by atoms with Crippen molar-refractivity contribution in [2.45, 2.75) is 19.4 Å². The Kier molecular flexibility index (Phi) is 5.43. The van der Waals surface area contributed by atoms with Crippen molar-refractivity contribution in [1.29, 1.82) is 0 Å². The highest BCUT2D eigenvalue weighted by Crippen LogP contribution is 2.23. The van der Waals surface area contributed by atoms with E-state index in [1.807, 2.05) is 36.4 Å². The average Bonchev–Trinajstić information content (AvgIpc) is 2.67. The van der Waals surface area contributed by atoms with E-state index in [4.69, 9.17) is 4.74 Å². The van der Waals surface area contributed by atoms with E-state index in [2.05, 4.69) is 22.1 Å². The molecule has 1 aromatic heterocycles. The molecule has 1 N–H and O–H groups in total. The lowest BCUT2D eigenvalue weighted by Crippen LogP contribution is -2.38. The quantitative estimate of drug-likeness (QED) is 0.918. The van der Waals surface area contributed by atoms with E-state index < -0.39 is 0 Å². The highest BCUT2D eigenvalue weighted by Gasteiger charge is 2.20. The molecule has 2 aromatic rings. The van der Waals surface area contributed by atoms with E-state index in [1.165, 1.54) is 0 Å². The second-order valence-electron chi connectivity index (χ2n) is 5.83. The number of benzene rings is 1. The Balaban J connectivity index is 1.79. The van der Waals surface area contributed by atoms with Gasteiger partial charge in [0, 0.05) is 31.2 Å². The van der Waals surface area contributed by atoms with Crippen LogP contribution in [0.1, 0.15) is 35.3 Å². The number of hydrogen-bond donors (Lipinski definition) is 1. The van der Waals surface area contributed by atoms with Crippen LogP contribution in [-0.2, 0) is 4.74 Å². The van der Waals surface area contributed by atoms with Crippen LogP contribution in [0.5, 0.6) is 0 Å². The number of amides is 1. The van der Waals surface area contributed by atoms with Gasteiger partial charge in [-0.1, -0.05) is 19.1 Å². The number of para-hydroxylation sites is 1. The Bertz CT molecular complexity index is 669. The summed E-state index contributed by atoms with van der Waals surface area (Å²) in [4.78, 5) is 19.1. The van der Waals surface area contributed by atoms with E-state index in [-0.39, 0.29) is 11.9 Å². The second-order valence-corrected chi connectivity index (χ2v) is 5.83. The van der Waals surface area contributed by atoms with E-state index in [0.717, 1.165) is 30.8 Å². The number of carbonyl (C=O) groups is 1. The minimum atomic E-state index is -0.0410. The average molecular weight is 325 g/mol. The van der Waals surface area contributed by atoms with Gasteiger partial charge in [0.25, 0.3) is 5.91 Å². The van der Waals surface area contributed by atoms with Gasteiger partial charge in [-0.25, -0.2) is 0 Å². The first kappa shape index (κ1) is 16.5. The normalized spacial score (nSPS) is 15.8. The van der Waals surface area contributed by atoms with Crippen molar-refractivity contribution in [3.8, 4) is 0 Å². The van der Waals surface area contributed by atoms with Crippen LogP contribution in [0, 0.1) is 0 Å². The predicted molar refractivity (Wildman–Crippen MR) is 94.2 cm³/mol. The maximum atomic E-state index is 12.9. The molecule has 24 heavy (non-hydrogen) atoms. The Hall–Kier alpha value is -2.40. The number of rotatable bonds is 5. The second kappa shape index (κ2) is 7.93. The van der Waals surface area contributed by atoms with Gasteiger partial charge >= 0.3 is 0 Å². The summed E-state index contributed by atoms with van der Waals surface area (Å²) >= 11 is 0. The molecule has 1 amide bonds. The summed E-state index contributed by atoms with van der Waals surface area (Å²) in [5.41, 5.74) is 2.76. The maximum absolute atomic E-state index is 12.9. The topological polar surface area (TPSA) is 54.5 Å². The fourth-order valence-electron chi connectivity index (χ4n) is 3.00. The number of morpholine rings is 1. The summed E-state index contributed by atoms with van der Waals surface area (Å²) in [5, 5.41) is 3.15. The van der Waals surface area contributed by atoms with Gasteiger partial charge < -0.3 is 15.0 Å². The molecule has 1 saturated heterocycles. The molecule has 0 saturated carbocycles. The van der Waals surface area contributed by atoms with E-state index in [0.29, 0.717) is 18.8 Å². The number of pyridine rings is 1. The van der Waals surface area contributed by atoms with Gasteiger partial charge in [-0.3, -0.25) is 9.78 Å². The van der Waals surface area contributed by atoms with Crippen molar-refractivity contribution in [3.05, 3.63) is 59.9 Å². The smallest absolute Gasteiger partial charge is 0.253 e. The van der Waals surface area contributed by atoms with Crippen LogP contribution in [0.25, 0.3) is 0 Å². The number of hydrogen-bond acceptors (Lipinski definition) is 4. The highest BCUT2D eigenvalue weighted by molar-refractivity contribution is 6.00. The number of carbonyl (C=O) groups excluding carboxylic acids is 1. The summed E-state index contributed by atoms with van der Waals surface area (Å²) in [6.07, 6.45) is 4.34.